The van der Waals surface area contributed by atoms with Crippen LogP contribution in [0.2, 0.25) is 0 Å². The van der Waals surface area contributed by atoms with Crippen LogP contribution in [0.1, 0.15) is 34.4 Å². The molecule has 7 heteroatoms. The van der Waals surface area contributed by atoms with Gasteiger partial charge in [-0.2, -0.15) is 5.10 Å². The van der Waals surface area contributed by atoms with E-state index in [9.17, 15) is 9.59 Å². The molecule has 2 aromatic rings. The fraction of sp³-hybridized carbons (Fsp3) is 0.385. The third-order valence-corrected chi connectivity index (χ3v) is 2.92. The number of carbonyl (C=O) groups excluding carboxylic acids is 2. The molecule has 106 valence electrons. The van der Waals surface area contributed by atoms with E-state index >= 15 is 0 Å². The van der Waals surface area contributed by atoms with Crippen molar-refractivity contribution < 1.29 is 14.1 Å². The SMILES string of the molecule is CC(=O)c1c(C)nn(CC(=O)Nc2cc(C)on2)c1C. The van der Waals surface area contributed by atoms with Crippen molar-refractivity contribution in [3.05, 3.63) is 28.8 Å². The van der Waals surface area contributed by atoms with Crippen molar-refractivity contribution in [2.75, 3.05) is 5.32 Å². The summed E-state index contributed by atoms with van der Waals surface area (Å²) in [4.78, 5) is 23.4. The van der Waals surface area contributed by atoms with Gasteiger partial charge in [-0.15, -0.1) is 0 Å². The molecule has 0 aromatic carbocycles. The Hall–Kier alpha value is -2.44. The van der Waals surface area contributed by atoms with Crippen molar-refractivity contribution in [3.63, 3.8) is 0 Å². The Bertz CT molecular complexity index is 669. The summed E-state index contributed by atoms with van der Waals surface area (Å²) in [5.41, 5.74) is 1.87. The fourth-order valence-corrected chi connectivity index (χ4v) is 2.10. The van der Waals surface area contributed by atoms with Gasteiger partial charge in [0.1, 0.15) is 12.3 Å². The zero-order valence-corrected chi connectivity index (χ0v) is 11.9. The van der Waals surface area contributed by atoms with Gasteiger partial charge < -0.3 is 9.84 Å². The van der Waals surface area contributed by atoms with E-state index < -0.39 is 0 Å². The van der Waals surface area contributed by atoms with E-state index in [2.05, 4.69) is 15.6 Å². The summed E-state index contributed by atoms with van der Waals surface area (Å²) in [6.45, 7) is 6.76. The fourth-order valence-electron chi connectivity index (χ4n) is 2.10. The van der Waals surface area contributed by atoms with Gasteiger partial charge in [-0.1, -0.05) is 5.16 Å². The smallest absolute Gasteiger partial charge is 0.247 e. The van der Waals surface area contributed by atoms with Crippen LogP contribution in [-0.4, -0.2) is 26.6 Å². The zero-order chi connectivity index (χ0) is 14.9. The van der Waals surface area contributed by atoms with Crippen LogP contribution in [0.4, 0.5) is 5.82 Å². The highest BCUT2D eigenvalue weighted by Crippen LogP contribution is 2.14. The normalized spacial score (nSPS) is 10.6. The lowest BCUT2D eigenvalue weighted by Crippen LogP contribution is -2.20. The van der Waals surface area contributed by atoms with E-state index in [0.29, 0.717) is 28.5 Å². The number of aromatic nitrogens is 3. The second-order valence-electron chi connectivity index (χ2n) is 4.63. The molecule has 2 heterocycles. The molecule has 0 saturated heterocycles. The number of carbonyl (C=O) groups is 2. The van der Waals surface area contributed by atoms with E-state index in [1.54, 1.807) is 26.8 Å². The lowest BCUT2D eigenvalue weighted by Gasteiger charge is -2.04. The van der Waals surface area contributed by atoms with Gasteiger partial charge in [0, 0.05) is 11.8 Å². The number of nitrogens with zero attached hydrogens (tertiary/aromatic N) is 3. The first-order valence-corrected chi connectivity index (χ1v) is 6.16. The Kier molecular flexibility index (Phi) is 3.69. The number of aryl methyl sites for hydroxylation is 2. The summed E-state index contributed by atoms with van der Waals surface area (Å²) in [5.74, 6) is 0.642. The number of amides is 1. The first-order valence-electron chi connectivity index (χ1n) is 6.16. The number of Topliss-reactive ketones (excluding diaryl/α,β-unsaturated/α-hetero) is 1. The number of hydrogen-bond donors (Lipinski definition) is 1. The third kappa shape index (κ3) is 2.76. The summed E-state index contributed by atoms with van der Waals surface area (Å²) in [6.07, 6.45) is 0. The maximum atomic E-state index is 11.9. The Morgan fingerprint density at radius 1 is 1.35 bits per heavy atom. The van der Waals surface area contributed by atoms with Crippen LogP contribution in [0, 0.1) is 20.8 Å². The monoisotopic (exact) mass is 276 g/mol. The topological polar surface area (TPSA) is 90.0 Å². The molecule has 0 atom stereocenters. The molecule has 0 aliphatic heterocycles. The van der Waals surface area contributed by atoms with Crippen molar-refractivity contribution in [1.29, 1.82) is 0 Å². The Labute approximate surface area is 115 Å². The largest absolute Gasteiger partial charge is 0.360 e. The molecule has 2 rings (SSSR count). The van der Waals surface area contributed by atoms with Crippen LogP contribution in [-0.2, 0) is 11.3 Å². The lowest BCUT2D eigenvalue weighted by atomic mass is 10.1. The van der Waals surface area contributed by atoms with Crippen molar-refractivity contribution in [2.45, 2.75) is 34.2 Å². The van der Waals surface area contributed by atoms with Gasteiger partial charge in [0.2, 0.25) is 5.91 Å². The van der Waals surface area contributed by atoms with Crippen molar-refractivity contribution in [3.8, 4) is 0 Å². The average molecular weight is 276 g/mol. The first-order chi connectivity index (χ1) is 9.38. The Morgan fingerprint density at radius 2 is 2.05 bits per heavy atom. The molecule has 20 heavy (non-hydrogen) atoms. The van der Waals surface area contributed by atoms with Crippen molar-refractivity contribution >= 4 is 17.5 Å². The molecular weight excluding hydrogens is 260 g/mol. The molecule has 0 radical (unpaired) electrons. The van der Waals surface area contributed by atoms with Gasteiger partial charge in [-0.25, -0.2) is 0 Å². The van der Waals surface area contributed by atoms with Crippen LogP contribution in [0.15, 0.2) is 10.6 Å². The number of anilines is 1. The van der Waals surface area contributed by atoms with Crippen molar-refractivity contribution in [2.24, 2.45) is 0 Å². The quantitative estimate of drug-likeness (QED) is 0.857. The predicted molar refractivity (Wildman–Crippen MR) is 71.6 cm³/mol. The van der Waals surface area contributed by atoms with Crippen molar-refractivity contribution in [1.82, 2.24) is 14.9 Å². The van der Waals surface area contributed by atoms with E-state index in [-0.39, 0.29) is 18.2 Å². The van der Waals surface area contributed by atoms with Crippen LogP contribution in [0.25, 0.3) is 0 Å². The summed E-state index contributed by atoms with van der Waals surface area (Å²) in [6, 6.07) is 1.63. The van der Waals surface area contributed by atoms with Gasteiger partial charge in [0.25, 0.3) is 0 Å². The minimum absolute atomic E-state index is 0.0197. The van der Waals surface area contributed by atoms with Gasteiger partial charge in [0.15, 0.2) is 11.6 Å². The zero-order valence-electron chi connectivity index (χ0n) is 11.9. The minimum Gasteiger partial charge on any atom is -0.360 e. The molecule has 0 bridgehead atoms. The molecule has 7 nitrogen and oxygen atoms in total. The highest BCUT2D eigenvalue weighted by molar-refractivity contribution is 5.96. The van der Waals surface area contributed by atoms with Crippen LogP contribution < -0.4 is 5.32 Å². The second kappa shape index (κ2) is 5.28. The van der Waals surface area contributed by atoms with Gasteiger partial charge in [-0.05, 0) is 27.7 Å². The lowest BCUT2D eigenvalue weighted by molar-refractivity contribution is -0.117. The summed E-state index contributed by atoms with van der Waals surface area (Å²) in [5, 5.41) is 10.5. The number of hydrogen-bond acceptors (Lipinski definition) is 5. The minimum atomic E-state index is -0.279. The first kappa shape index (κ1) is 14.0. The van der Waals surface area contributed by atoms with Gasteiger partial charge >= 0.3 is 0 Å². The highest BCUT2D eigenvalue weighted by Gasteiger charge is 2.17. The Morgan fingerprint density at radius 3 is 2.55 bits per heavy atom. The van der Waals surface area contributed by atoms with E-state index in [0.717, 1.165) is 0 Å². The molecule has 0 fully saturated rings. The van der Waals surface area contributed by atoms with Crippen LogP contribution in [0.3, 0.4) is 0 Å². The highest BCUT2D eigenvalue weighted by atomic mass is 16.5. The van der Waals surface area contributed by atoms with E-state index in [1.165, 1.54) is 11.6 Å². The summed E-state index contributed by atoms with van der Waals surface area (Å²) in [7, 11) is 0. The summed E-state index contributed by atoms with van der Waals surface area (Å²) >= 11 is 0. The molecule has 0 aliphatic carbocycles. The molecule has 0 aliphatic rings. The maximum absolute atomic E-state index is 11.9. The van der Waals surface area contributed by atoms with Crippen LogP contribution >= 0.6 is 0 Å². The molecule has 2 aromatic heterocycles. The molecule has 0 spiro atoms. The maximum Gasteiger partial charge on any atom is 0.247 e. The summed E-state index contributed by atoms with van der Waals surface area (Å²) < 4.78 is 6.37. The number of rotatable bonds is 4. The predicted octanol–water partition coefficient (Wildman–Crippen LogP) is 1.64. The van der Waals surface area contributed by atoms with E-state index in [4.69, 9.17) is 4.52 Å². The number of nitrogens with one attached hydrogen (secondary N) is 1. The second-order valence-corrected chi connectivity index (χ2v) is 4.63. The van der Waals surface area contributed by atoms with Crippen LogP contribution in [0.5, 0.6) is 0 Å². The molecule has 1 N–H and O–H groups in total. The van der Waals surface area contributed by atoms with Gasteiger partial charge in [-0.3, -0.25) is 14.3 Å². The van der Waals surface area contributed by atoms with E-state index in [1.807, 2.05) is 0 Å². The molecule has 1 amide bonds. The molecule has 0 saturated carbocycles. The average Bonchev–Trinajstić information content (AvgIpc) is 2.84. The van der Waals surface area contributed by atoms with Gasteiger partial charge in [0.05, 0.1) is 11.3 Å². The molecule has 0 unspecified atom stereocenters. The molecular formula is C13H16N4O3. The Balaban J connectivity index is 2.12. The number of ketones is 1. The third-order valence-electron chi connectivity index (χ3n) is 2.92. The standard InChI is InChI=1S/C13H16N4O3/c1-7-5-11(16-20-7)14-12(19)6-17-9(3)13(10(4)18)8(2)15-17/h5H,6H2,1-4H3,(H,14,16,19).